The number of likely N-dealkylation sites (tertiary alicyclic amines) is 1. The molecule has 4 heteroatoms. The molecule has 0 amide bonds. The lowest BCUT2D eigenvalue weighted by atomic mass is 9.52. The lowest BCUT2D eigenvalue weighted by Crippen LogP contribution is -2.59. The van der Waals surface area contributed by atoms with Crippen LogP contribution in [0, 0.1) is 5.92 Å². The Morgan fingerprint density at radius 1 is 1.25 bits per heavy atom. The number of fused-ring (bicyclic) bond motifs is 1. The number of hydrogen-bond donors (Lipinski definition) is 1. The van der Waals surface area contributed by atoms with E-state index in [2.05, 4.69) is 29.1 Å². The molecule has 0 unspecified atom stereocenters. The van der Waals surface area contributed by atoms with Crippen molar-refractivity contribution in [2.24, 2.45) is 5.92 Å². The Bertz CT molecular complexity index is 769. The van der Waals surface area contributed by atoms with Crippen molar-refractivity contribution in [2.75, 3.05) is 13.6 Å². The number of hydrogen-bond acceptors (Lipinski definition) is 3. The van der Waals surface area contributed by atoms with Crippen molar-refractivity contribution in [1.82, 2.24) is 14.5 Å². The van der Waals surface area contributed by atoms with Crippen LogP contribution in [0.4, 0.5) is 0 Å². The predicted octanol–water partition coefficient (Wildman–Crippen LogP) is 3.27. The van der Waals surface area contributed by atoms with Crippen LogP contribution in [0.5, 0.6) is 5.75 Å². The number of likely N-dealkylation sites (N-methyl/N-ethyl adjacent to an activating group) is 1. The van der Waals surface area contributed by atoms with E-state index in [0.717, 1.165) is 18.0 Å². The highest BCUT2D eigenvalue weighted by molar-refractivity contribution is 5.55. The molecule has 3 aliphatic rings. The molecule has 24 heavy (non-hydrogen) atoms. The quantitative estimate of drug-likeness (QED) is 0.876. The van der Waals surface area contributed by atoms with E-state index < -0.39 is 0 Å². The van der Waals surface area contributed by atoms with Gasteiger partial charge in [-0.25, -0.2) is 4.98 Å². The molecule has 2 bridgehead atoms. The van der Waals surface area contributed by atoms with Gasteiger partial charge in [-0.2, -0.15) is 0 Å². The van der Waals surface area contributed by atoms with Gasteiger partial charge in [-0.1, -0.05) is 12.8 Å². The van der Waals surface area contributed by atoms with Crippen molar-refractivity contribution < 1.29 is 5.11 Å². The summed E-state index contributed by atoms with van der Waals surface area (Å²) in [5.41, 5.74) is 4.04. The van der Waals surface area contributed by atoms with Crippen LogP contribution >= 0.6 is 0 Å². The SMILES string of the molecule is CN1CC[C@]23CCCC[C@H]2[C@@H]1Cc1cc(-n2ccnc2)c(O)cc13. The number of phenolic OH excluding ortho intramolecular Hbond substituents is 1. The number of benzene rings is 1. The molecular weight excluding hydrogens is 298 g/mol. The molecule has 1 aromatic heterocycles. The van der Waals surface area contributed by atoms with Gasteiger partial charge in [0.25, 0.3) is 0 Å². The molecule has 2 aromatic rings. The molecule has 2 aliphatic carbocycles. The number of phenols is 1. The summed E-state index contributed by atoms with van der Waals surface area (Å²) in [6, 6.07) is 4.96. The minimum atomic E-state index is 0.300. The van der Waals surface area contributed by atoms with E-state index in [9.17, 15) is 5.11 Å². The van der Waals surface area contributed by atoms with Crippen molar-refractivity contribution in [3.8, 4) is 11.4 Å². The van der Waals surface area contributed by atoms with Gasteiger partial charge in [-0.15, -0.1) is 0 Å². The average molecular weight is 323 g/mol. The lowest BCUT2D eigenvalue weighted by Gasteiger charge is -2.58. The summed E-state index contributed by atoms with van der Waals surface area (Å²) < 4.78 is 1.92. The van der Waals surface area contributed by atoms with E-state index in [1.807, 2.05) is 10.8 Å². The second kappa shape index (κ2) is 5.09. The normalized spacial score (nSPS) is 32.2. The van der Waals surface area contributed by atoms with E-state index in [0.29, 0.717) is 17.2 Å². The van der Waals surface area contributed by atoms with Crippen molar-refractivity contribution in [1.29, 1.82) is 0 Å². The summed E-state index contributed by atoms with van der Waals surface area (Å²) in [6.45, 7) is 1.19. The molecule has 2 heterocycles. The third-order valence-electron chi connectivity index (χ3n) is 6.99. The highest BCUT2D eigenvalue weighted by atomic mass is 16.3. The van der Waals surface area contributed by atoms with Crippen LogP contribution in [0.15, 0.2) is 30.9 Å². The van der Waals surface area contributed by atoms with Gasteiger partial charge in [-0.05, 0) is 68.5 Å². The van der Waals surface area contributed by atoms with Gasteiger partial charge in [0.05, 0.1) is 12.0 Å². The molecule has 5 rings (SSSR count). The Hall–Kier alpha value is -1.81. The Kier molecular flexibility index (Phi) is 3.08. The van der Waals surface area contributed by atoms with Gasteiger partial charge in [0, 0.05) is 23.9 Å². The third-order valence-corrected chi connectivity index (χ3v) is 6.99. The van der Waals surface area contributed by atoms with E-state index in [1.54, 1.807) is 12.5 Å². The lowest BCUT2D eigenvalue weighted by molar-refractivity contribution is 0.00274. The summed E-state index contributed by atoms with van der Waals surface area (Å²) in [5, 5.41) is 10.7. The monoisotopic (exact) mass is 323 g/mol. The van der Waals surface area contributed by atoms with Crippen LogP contribution in [0.3, 0.4) is 0 Å². The van der Waals surface area contributed by atoms with E-state index in [1.165, 1.54) is 49.8 Å². The first kappa shape index (κ1) is 14.5. The van der Waals surface area contributed by atoms with Crippen LogP contribution in [0.2, 0.25) is 0 Å². The minimum Gasteiger partial charge on any atom is -0.506 e. The summed E-state index contributed by atoms with van der Waals surface area (Å²) in [6.07, 6.45) is 13.1. The molecule has 1 saturated heterocycles. The molecule has 2 fully saturated rings. The number of rotatable bonds is 1. The standard InChI is InChI=1S/C20H25N3O/c1-22-8-6-20-5-3-2-4-15(20)17(22)10-14-11-18(19(24)12-16(14)20)23-9-7-21-13-23/h7,9,11-13,15,17,24H,2-6,8,10H2,1H3/t15-,17-,20+/m0/s1. The number of aromatic hydroxyl groups is 1. The first-order valence-electron chi connectivity index (χ1n) is 9.24. The fourth-order valence-electron chi connectivity index (χ4n) is 5.84. The van der Waals surface area contributed by atoms with Crippen molar-refractivity contribution in [2.45, 2.75) is 50.0 Å². The number of nitrogens with zero attached hydrogens (tertiary/aromatic N) is 3. The van der Waals surface area contributed by atoms with Gasteiger partial charge in [0.1, 0.15) is 5.75 Å². The summed E-state index contributed by atoms with van der Waals surface area (Å²) in [7, 11) is 2.30. The summed E-state index contributed by atoms with van der Waals surface area (Å²) >= 11 is 0. The predicted molar refractivity (Wildman–Crippen MR) is 93.6 cm³/mol. The molecule has 0 radical (unpaired) electrons. The second-order valence-electron chi connectivity index (χ2n) is 7.98. The van der Waals surface area contributed by atoms with Crippen LogP contribution in [-0.4, -0.2) is 39.2 Å². The molecular formula is C20H25N3O. The van der Waals surface area contributed by atoms with Gasteiger partial charge in [-0.3, -0.25) is 0 Å². The smallest absolute Gasteiger partial charge is 0.139 e. The van der Waals surface area contributed by atoms with Gasteiger partial charge < -0.3 is 14.6 Å². The molecule has 1 N–H and O–H groups in total. The average Bonchev–Trinajstić information content (AvgIpc) is 3.12. The maximum absolute atomic E-state index is 10.7. The summed E-state index contributed by atoms with van der Waals surface area (Å²) in [4.78, 5) is 6.71. The van der Waals surface area contributed by atoms with Crippen LogP contribution in [-0.2, 0) is 11.8 Å². The molecule has 3 atom stereocenters. The fraction of sp³-hybridized carbons (Fsp3) is 0.550. The first-order chi connectivity index (χ1) is 11.7. The van der Waals surface area contributed by atoms with Crippen molar-refractivity contribution >= 4 is 0 Å². The van der Waals surface area contributed by atoms with Crippen LogP contribution in [0.25, 0.3) is 5.69 Å². The highest BCUT2D eigenvalue weighted by Crippen LogP contribution is 2.56. The third kappa shape index (κ3) is 1.86. The minimum absolute atomic E-state index is 0.300. The maximum Gasteiger partial charge on any atom is 0.139 e. The maximum atomic E-state index is 10.7. The highest BCUT2D eigenvalue weighted by Gasteiger charge is 2.53. The number of imidazole rings is 1. The molecule has 1 aliphatic heterocycles. The first-order valence-corrected chi connectivity index (χ1v) is 9.24. The second-order valence-corrected chi connectivity index (χ2v) is 7.98. The van der Waals surface area contributed by atoms with Crippen molar-refractivity contribution in [3.63, 3.8) is 0 Å². The number of aromatic nitrogens is 2. The molecule has 126 valence electrons. The topological polar surface area (TPSA) is 41.3 Å². The van der Waals surface area contributed by atoms with Gasteiger partial charge in [0.2, 0.25) is 0 Å². The Labute approximate surface area is 143 Å². The fourth-order valence-corrected chi connectivity index (χ4v) is 5.84. The Morgan fingerprint density at radius 2 is 2.17 bits per heavy atom. The largest absolute Gasteiger partial charge is 0.506 e. The summed E-state index contributed by atoms with van der Waals surface area (Å²) in [5.74, 6) is 1.15. The van der Waals surface area contributed by atoms with E-state index >= 15 is 0 Å². The molecule has 0 spiro atoms. The zero-order valence-corrected chi connectivity index (χ0v) is 14.3. The van der Waals surface area contributed by atoms with Gasteiger partial charge >= 0.3 is 0 Å². The molecule has 1 aromatic carbocycles. The van der Waals surface area contributed by atoms with Crippen LogP contribution in [0.1, 0.15) is 43.2 Å². The van der Waals surface area contributed by atoms with E-state index in [-0.39, 0.29) is 0 Å². The van der Waals surface area contributed by atoms with E-state index in [4.69, 9.17) is 0 Å². The van der Waals surface area contributed by atoms with Crippen LogP contribution < -0.4 is 0 Å². The zero-order valence-electron chi connectivity index (χ0n) is 14.3. The Balaban J connectivity index is 1.69. The van der Waals surface area contributed by atoms with Gasteiger partial charge in [0.15, 0.2) is 0 Å². The molecule has 1 saturated carbocycles. The van der Waals surface area contributed by atoms with Crippen molar-refractivity contribution in [3.05, 3.63) is 42.0 Å². The number of piperidine rings is 1. The zero-order chi connectivity index (χ0) is 16.3. The molecule has 4 nitrogen and oxygen atoms in total. The Morgan fingerprint density at radius 3 is 3.00 bits per heavy atom.